The molecule has 0 saturated carbocycles. The monoisotopic (exact) mass is 464 g/mol. The van der Waals surface area contributed by atoms with Crippen LogP contribution >= 0.6 is 0 Å². The minimum Gasteiger partial charge on any atom is -1.00 e. The zero-order valence-corrected chi connectivity index (χ0v) is 17.7. The molecule has 0 spiro atoms. The third kappa shape index (κ3) is 3.74. The van der Waals surface area contributed by atoms with Crippen LogP contribution in [0.4, 0.5) is 0 Å². The minimum absolute atomic E-state index is 0. The number of hydrogen-bond acceptors (Lipinski definition) is 0. The summed E-state index contributed by atoms with van der Waals surface area (Å²) in [6.45, 7) is 13.9. The van der Waals surface area contributed by atoms with Crippen LogP contribution in [-0.2, 0) is 22.9 Å². The Labute approximate surface area is 141 Å². The normalized spacial score (nSPS) is 25.6. The van der Waals surface area contributed by atoms with Crippen molar-refractivity contribution in [2.45, 2.75) is 41.5 Å². The molecule has 19 heavy (non-hydrogen) atoms. The second-order valence-electron chi connectivity index (χ2n) is 5.48. The summed E-state index contributed by atoms with van der Waals surface area (Å²) in [4.78, 5) is 0. The summed E-state index contributed by atoms with van der Waals surface area (Å²) >= 11 is -0.795. The molecule has 0 radical (unpaired) electrons. The van der Waals surface area contributed by atoms with E-state index in [0.29, 0.717) is 11.8 Å². The molecular weight excluding hydrogens is 442 g/mol. The van der Waals surface area contributed by atoms with Gasteiger partial charge in [-0.1, -0.05) is 0 Å². The molecular formula is C16H22Cl2Hf. The molecule has 104 valence electrons. The van der Waals surface area contributed by atoms with Crippen LogP contribution in [0.2, 0.25) is 0 Å². The van der Waals surface area contributed by atoms with Crippen molar-refractivity contribution in [2.24, 2.45) is 11.8 Å². The Kier molecular flexibility index (Phi) is 7.59. The van der Waals surface area contributed by atoms with Gasteiger partial charge in [-0.05, 0) is 0 Å². The predicted molar refractivity (Wildman–Crippen MR) is 71.2 cm³/mol. The number of allylic oxidation sites excluding steroid dienone is 8. The Balaban J connectivity index is 0.00000162. The second kappa shape index (κ2) is 7.43. The first-order valence-electron chi connectivity index (χ1n) is 6.48. The van der Waals surface area contributed by atoms with Crippen LogP contribution in [0.1, 0.15) is 41.5 Å². The molecule has 0 bridgehead atoms. The number of rotatable bonds is 2. The van der Waals surface area contributed by atoms with E-state index in [1.165, 1.54) is 11.1 Å². The average Bonchev–Trinajstić information content (AvgIpc) is 2.62. The molecule has 0 aromatic heterocycles. The Morgan fingerprint density at radius 1 is 0.737 bits per heavy atom. The van der Waals surface area contributed by atoms with Crippen LogP contribution in [0.15, 0.2) is 41.1 Å². The quantitative estimate of drug-likeness (QED) is 0.452. The van der Waals surface area contributed by atoms with Crippen LogP contribution < -0.4 is 24.8 Å². The molecule has 0 aromatic rings. The fraction of sp³-hybridized carbons (Fsp3) is 0.500. The summed E-state index contributed by atoms with van der Waals surface area (Å²) in [5, 5.41) is 0. The van der Waals surface area contributed by atoms with Crippen molar-refractivity contribution < 1.29 is 47.7 Å². The van der Waals surface area contributed by atoms with Gasteiger partial charge in [0.05, 0.1) is 0 Å². The van der Waals surface area contributed by atoms with E-state index in [0.717, 1.165) is 0 Å². The van der Waals surface area contributed by atoms with Crippen molar-refractivity contribution >= 4 is 0 Å². The first-order chi connectivity index (χ1) is 7.91. The second-order valence-corrected chi connectivity index (χ2v) is 10.2. The van der Waals surface area contributed by atoms with Crippen molar-refractivity contribution in [2.75, 3.05) is 0 Å². The molecule has 0 amide bonds. The van der Waals surface area contributed by atoms with Gasteiger partial charge in [-0.2, -0.15) is 0 Å². The maximum atomic E-state index is 2.45. The third-order valence-electron chi connectivity index (χ3n) is 4.17. The molecule has 2 rings (SSSR count). The van der Waals surface area contributed by atoms with Crippen molar-refractivity contribution in [3.8, 4) is 0 Å². The van der Waals surface area contributed by atoms with Crippen LogP contribution in [0, 0.1) is 11.8 Å². The van der Waals surface area contributed by atoms with E-state index in [-0.39, 0.29) is 24.8 Å². The average molecular weight is 464 g/mol. The molecule has 0 aliphatic heterocycles. The molecule has 0 N–H and O–H groups in total. The Morgan fingerprint density at radius 2 is 1.05 bits per heavy atom. The van der Waals surface area contributed by atoms with Gasteiger partial charge >= 0.3 is 117 Å². The molecule has 0 saturated heterocycles. The van der Waals surface area contributed by atoms with Gasteiger partial charge in [-0.25, -0.2) is 0 Å². The summed E-state index contributed by atoms with van der Waals surface area (Å²) in [5.74, 6) is 1.43. The third-order valence-corrected chi connectivity index (χ3v) is 12.1. The molecule has 3 heteroatoms. The maximum absolute atomic E-state index is 2.45. The fourth-order valence-corrected chi connectivity index (χ4v) is 8.88. The van der Waals surface area contributed by atoms with E-state index >= 15 is 0 Å². The van der Waals surface area contributed by atoms with Crippen LogP contribution in [0.5, 0.6) is 0 Å². The van der Waals surface area contributed by atoms with Crippen LogP contribution in [0.25, 0.3) is 0 Å². The van der Waals surface area contributed by atoms with Crippen molar-refractivity contribution in [3.05, 3.63) is 41.1 Å². The molecule has 2 atom stereocenters. The molecule has 2 aliphatic rings. The van der Waals surface area contributed by atoms with Gasteiger partial charge in [0.15, 0.2) is 0 Å². The van der Waals surface area contributed by atoms with Gasteiger partial charge in [0.2, 0.25) is 0 Å². The van der Waals surface area contributed by atoms with E-state index in [9.17, 15) is 0 Å². The van der Waals surface area contributed by atoms with Crippen molar-refractivity contribution in [3.63, 3.8) is 0 Å². The zero-order valence-electron chi connectivity index (χ0n) is 12.6. The smallest absolute Gasteiger partial charge is 1.00 e. The molecule has 0 fully saturated rings. The Hall–Kier alpha value is 0.410. The molecule has 0 heterocycles. The Morgan fingerprint density at radius 3 is 1.26 bits per heavy atom. The van der Waals surface area contributed by atoms with Gasteiger partial charge in [0.25, 0.3) is 0 Å². The molecule has 2 aliphatic carbocycles. The zero-order chi connectivity index (χ0) is 12.7. The maximum Gasteiger partial charge on any atom is -1.00 e. The van der Waals surface area contributed by atoms with Gasteiger partial charge in [0.1, 0.15) is 0 Å². The van der Waals surface area contributed by atoms with Gasteiger partial charge in [0, 0.05) is 0 Å². The van der Waals surface area contributed by atoms with E-state index < -0.39 is 22.9 Å². The van der Waals surface area contributed by atoms with E-state index in [1.54, 1.807) is 11.1 Å². The minimum atomic E-state index is -0.795. The van der Waals surface area contributed by atoms with Gasteiger partial charge in [-0.3, -0.25) is 0 Å². The van der Waals surface area contributed by atoms with Gasteiger partial charge < -0.3 is 24.8 Å². The first-order valence-corrected chi connectivity index (χ1v) is 10.1. The molecule has 0 nitrogen and oxygen atoms in total. The van der Waals surface area contributed by atoms with E-state index in [1.807, 2.05) is 6.66 Å². The van der Waals surface area contributed by atoms with Gasteiger partial charge in [-0.15, -0.1) is 0 Å². The van der Waals surface area contributed by atoms with E-state index in [4.69, 9.17) is 0 Å². The standard InChI is InChI=1S/2C8H11.2ClH.Hf/c2*1-6-4-7(2)8(3)5-6;;;/h2*4,6H,1-3H3;2*1H;/q;;;;+2/p-2. The fourth-order valence-electron chi connectivity index (χ4n) is 2.83. The van der Waals surface area contributed by atoms with Crippen molar-refractivity contribution in [1.82, 2.24) is 0 Å². The Bertz CT molecular complexity index is 437. The van der Waals surface area contributed by atoms with Crippen LogP contribution in [0.3, 0.4) is 0 Å². The SMILES string of the molecule is CC1=CC(C)[C]([Hf+2][C]2=C(C)C(C)=CC2C)=C1C.[Cl-].[Cl-]. The summed E-state index contributed by atoms with van der Waals surface area (Å²) in [6.07, 6.45) is 4.90. The first kappa shape index (κ1) is 19.4. The summed E-state index contributed by atoms with van der Waals surface area (Å²) < 4.78 is 3.65. The number of halogens is 2. The van der Waals surface area contributed by atoms with Crippen LogP contribution in [-0.4, -0.2) is 0 Å². The predicted octanol–water partition coefficient (Wildman–Crippen LogP) is -1.18. The van der Waals surface area contributed by atoms with Crippen molar-refractivity contribution in [1.29, 1.82) is 0 Å². The molecule has 0 aromatic carbocycles. The summed E-state index contributed by atoms with van der Waals surface area (Å²) in [5.41, 5.74) is 6.26. The largest absolute Gasteiger partial charge is 1.00 e. The summed E-state index contributed by atoms with van der Waals surface area (Å²) in [7, 11) is 0. The van der Waals surface area contributed by atoms with E-state index in [2.05, 4.69) is 53.7 Å². The summed E-state index contributed by atoms with van der Waals surface area (Å²) in [6, 6.07) is 0. The number of hydrogen-bond donors (Lipinski definition) is 0. The molecule has 2 unspecified atom stereocenters. The topological polar surface area (TPSA) is 0 Å².